The molecule has 2 heterocycles. The normalized spacial score (nSPS) is 27.2. The Hall–Kier alpha value is -0.940. The van der Waals surface area contributed by atoms with Gasteiger partial charge in [0, 0.05) is 6.61 Å². The van der Waals surface area contributed by atoms with E-state index in [9.17, 15) is 0 Å². The van der Waals surface area contributed by atoms with Crippen molar-refractivity contribution in [3.63, 3.8) is 0 Å². The summed E-state index contributed by atoms with van der Waals surface area (Å²) in [7, 11) is 0. The molecule has 0 amide bonds. The predicted octanol–water partition coefficient (Wildman–Crippen LogP) is 2.53. The zero-order valence-corrected chi connectivity index (χ0v) is 11.7. The lowest BCUT2D eigenvalue weighted by Gasteiger charge is -2.30. The highest BCUT2D eigenvalue weighted by Crippen LogP contribution is 2.35. The highest BCUT2D eigenvalue weighted by molar-refractivity contribution is 5.04. The molecule has 2 N–H and O–H groups in total. The van der Waals surface area contributed by atoms with Crippen LogP contribution in [0.15, 0.2) is 4.52 Å². The van der Waals surface area contributed by atoms with Crippen LogP contribution in [-0.2, 0) is 10.3 Å². The molecule has 1 aliphatic heterocycles. The van der Waals surface area contributed by atoms with Crippen LogP contribution in [-0.4, -0.2) is 16.7 Å². The maximum absolute atomic E-state index is 6.12. The number of hydrogen-bond acceptors (Lipinski definition) is 5. The quantitative estimate of drug-likeness (QED) is 0.876. The van der Waals surface area contributed by atoms with Gasteiger partial charge in [0.05, 0.1) is 6.04 Å². The van der Waals surface area contributed by atoms with Gasteiger partial charge in [-0.1, -0.05) is 25.9 Å². The first-order valence-electron chi connectivity index (χ1n) is 6.56. The second kappa shape index (κ2) is 4.63. The largest absolute Gasteiger partial charge is 0.367 e. The minimum Gasteiger partial charge on any atom is -0.367 e. The van der Waals surface area contributed by atoms with Crippen molar-refractivity contribution in [1.82, 2.24) is 10.1 Å². The van der Waals surface area contributed by atoms with E-state index in [-0.39, 0.29) is 11.5 Å². The summed E-state index contributed by atoms with van der Waals surface area (Å²) in [5, 5.41) is 4.06. The van der Waals surface area contributed by atoms with E-state index in [0.717, 1.165) is 25.9 Å². The number of rotatable bonds is 2. The van der Waals surface area contributed by atoms with Gasteiger partial charge in [0.1, 0.15) is 5.60 Å². The number of ether oxygens (including phenoxy) is 1. The van der Waals surface area contributed by atoms with E-state index in [1.807, 2.05) is 6.92 Å². The van der Waals surface area contributed by atoms with Gasteiger partial charge in [-0.05, 0) is 31.6 Å². The maximum atomic E-state index is 6.12. The van der Waals surface area contributed by atoms with Crippen LogP contribution >= 0.6 is 0 Å². The van der Waals surface area contributed by atoms with Crippen molar-refractivity contribution in [1.29, 1.82) is 0 Å². The average Bonchev–Trinajstić information content (AvgIpc) is 2.77. The molecule has 2 atom stereocenters. The summed E-state index contributed by atoms with van der Waals surface area (Å²) in [6.07, 6.45) is 3.16. The molecule has 0 aromatic carbocycles. The van der Waals surface area contributed by atoms with E-state index >= 15 is 0 Å². The molecule has 18 heavy (non-hydrogen) atoms. The maximum Gasteiger partial charge on any atom is 0.244 e. The van der Waals surface area contributed by atoms with E-state index in [2.05, 4.69) is 30.9 Å². The molecule has 1 aromatic heterocycles. The number of nitrogens with zero attached hydrogens (tertiary/aromatic N) is 2. The van der Waals surface area contributed by atoms with Crippen molar-refractivity contribution >= 4 is 0 Å². The average molecular weight is 253 g/mol. The fraction of sp³-hybridized carbons (Fsp3) is 0.846. The Kier molecular flexibility index (Phi) is 3.47. The van der Waals surface area contributed by atoms with Gasteiger partial charge in [-0.25, -0.2) is 0 Å². The zero-order valence-electron chi connectivity index (χ0n) is 11.7. The van der Waals surface area contributed by atoms with Crippen LogP contribution in [0.5, 0.6) is 0 Å². The predicted molar refractivity (Wildman–Crippen MR) is 67.8 cm³/mol. The van der Waals surface area contributed by atoms with Crippen LogP contribution in [0.2, 0.25) is 0 Å². The van der Waals surface area contributed by atoms with E-state index in [0.29, 0.717) is 11.7 Å². The summed E-state index contributed by atoms with van der Waals surface area (Å²) >= 11 is 0. The zero-order chi connectivity index (χ0) is 13.4. The first-order valence-corrected chi connectivity index (χ1v) is 6.56. The molecule has 5 nitrogen and oxygen atoms in total. The standard InChI is InChI=1S/C13H23N3O2/c1-12(2,3)9(14)10-15-11(16-18-10)13(4)7-5-6-8-17-13/h9H,5-8,14H2,1-4H3. The lowest BCUT2D eigenvalue weighted by molar-refractivity contribution is -0.0770. The van der Waals surface area contributed by atoms with Crippen LogP contribution in [0.4, 0.5) is 0 Å². The Labute approximate surface area is 108 Å². The number of hydrogen-bond donors (Lipinski definition) is 1. The molecule has 2 unspecified atom stereocenters. The number of nitrogens with two attached hydrogens (primary N) is 1. The Morgan fingerprint density at radius 1 is 1.33 bits per heavy atom. The van der Waals surface area contributed by atoms with Gasteiger partial charge in [0.15, 0.2) is 0 Å². The number of aromatic nitrogens is 2. The van der Waals surface area contributed by atoms with Crippen LogP contribution in [0.1, 0.15) is 64.7 Å². The van der Waals surface area contributed by atoms with E-state index in [1.165, 1.54) is 0 Å². The van der Waals surface area contributed by atoms with Crippen molar-refractivity contribution in [2.24, 2.45) is 11.1 Å². The van der Waals surface area contributed by atoms with Crippen molar-refractivity contribution in [2.45, 2.75) is 58.6 Å². The van der Waals surface area contributed by atoms with Crippen molar-refractivity contribution in [3.05, 3.63) is 11.7 Å². The fourth-order valence-corrected chi connectivity index (χ4v) is 2.06. The third-order valence-corrected chi connectivity index (χ3v) is 3.58. The lowest BCUT2D eigenvalue weighted by atomic mass is 9.87. The summed E-state index contributed by atoms with van der Waals surface area (Å²) < 4.78 is 11.1. The second-order valence-corrected chi connectivity index (χ2v) is 6.34. The third kappa shape index (κ3) is 2.57. The highest BCUT2D eigenvalue weighted by atomic mass is 16.5. The molecule has 0 spiro atoms. The summed E-state index contributed by atoms with van der Waals surface area (Å²) in [6, 6.07) is -0.258. The molecule has 102 valence electrons. The molecule has 1 aliphatic rings. The summed E-state index contributed by atoms with van der Waals surface area (Å²) in [4.78, 5) is 4.44. The SMILES string of the molecule is CC1(c2noc(C(N)C(C)(C)C)n2)CCCCO1. The first kappa shape index (κ1) is 13.5. The van der Waals surface area contributed by atoms with Gasteiger partial charge in [-0.3, -0.25) is 0 Å². The van der Waals surface area contributed by atoms with Crippen molar-refractivity contribution in [2.75, 3.05) is 6.61 Å². The Morgan fingerprint density at radius 3 is 2.61 bits per heavy atom. The molecular weight excluding hydrogens is 230 g/mol. The molecule has 0 bridgehead atoms. The van der Waals surface area contributed by atoms with Crippen molar-refractivity contribution < 1.29 is 9.26 Å². The fourth-order valence-electron chi connectivity index (χ4n) is 2.06. The van der Waals surface area contributed by atoms with E-state index < -0.39 is 5.60 Å². The van der Waals surface area contributed by atoms with Gasteiger partial charge in [0.25, 0.3) is 0 Å². The Balaban J connectivity index is 2.20. The molecule has 1 saturated heterocycles. The summed E-state index contributed by atoms with van der Waals surface area (Å²) in [5.74, 6) is 1.12. The molecule has 2 rings (SSSR count). The smallest absolute Gasteiger partial charge is 0.244 e. The van der Waals surface area contributed by atoms with Gasteiger partial charge in [-0.15, -0.1) is 0 Å². The van der Waals surface area contributed by atoms with Gasteiger partial charge in [-0.2, -0.15) is 4.98 Å². The van der Waals surface area contributed by atoms with Crippen LogP contribution < -0.4 is 5.73 Å². The third-order valence-electron chi connectivity index (χ3n) is 3.58. The van der Waals surface area contributed by atoms with Crippen molar-refractivity contribution in [3.8, 4) is 0 Å². The van der Waals surface area contributed by atoms with Gasteiger partial charge in [0.2, 0.25) is 11.7 Å². The van der Waals surface area contributed by atoms with E-state index in [1.54, 1.807) is 0 Å². The second-order valence-electron chi connectivity index (χ2n) is 6.34. The van der Waals surface area contributed by atoms with Crippen LogP contribution in [0, 0.1) is 5.41 Å². The molecular formula is C13H23N3O2. The minimum absolute atomic E-state index is 0.0991. The van der Waals surface area contributed by atoms with Gasteiger partial charge < -0.3 is 15.0 Å². The first-order chi connectivity index (χ1) is 8.33. The van der Waals surface area contributed by atoms with Crippen LogP contribution in [0.25, 0.3) is 0 Å². The molecule has 0 radical (unpaired) electrons. The topological polar surface area (TPSA) is 74.2 Å². The summed E-state index contributed by atoms with van der Waals surface area (Å²) in [6.45, 7) is 8.94. The molecule has 0 saturated carbocycles. The molecule has 1 fully saturated rings. The Morgan fingerprint density at radius 2 is 2.06 bits per heavy atom. The minimum atomic E-state index is -0.419. The van der Waals surface area contributed by atoms with E-state index in [4.69, 9.17) is 15.0 Å². The van der Waals surface area contributed by atoms with Crippen LogP contribution in [0.3, 0.4) is 0 Å². The summed E-state index contributed by atoms with van der Waals surface area (Å²) in [5.41, 5.74) is 5.60. The lowest BCUT2D eigenvalue weighted by Crippen LogP contribution is -2.32. The Bertz CT molecular complexity index is 403. The molecule has 0 aliphatic carbocycles. The molecule has 5 heteroatoms. The molecule has 1 aromatic rings. The highest BCUT2D eigenvalue weighted by Gasteiger charge is 2.36. The van der Waals surface area contributed by atoms with Gasteiger partial charge >= 0.3 is 0 Å². The monoisotopic (exact) mass is 253 g/mol.